The summed E-state index contributed by atoms with van der Waals surface area (Å²) in [6.45, 7) is 0. The van der Waals surface area contributed by atoms with E-state index in [-0.39, 0.29) is 5.56 Å². The quantitative estimate of drug-likeness (QED) is 0.863. The van der Waals surface area contributed by atoms with Crippen molar-refractivity contribution in [2.75, 3.05) is 0 Å². The zero-order valence-corrected chi connectivity index (χ0v) is 10.4. The molecule has 0 bridgehead atoms. The molecule has 0 aliphatic heterocycles. The van der Waals surface area contributed by atoms with Gasteiger partial charge in [-0.1, -0.05) is 0 Å². The zero-order chi connectivity index (χ0) is 14.2. The number of halogens is 2. The molecule has 0 N–H and O–H groups in total. The smallest absolute Gasteiger partial charge is 0.138 e. The maximum Gasteiger partial charge on any atom is 0.138 e. The van der Waals surface area contributed by atoms with E-state index in [9.17, 15) is 14.0 Å². The van der Waals surface area contributed by atoms with Gasteiger partial charge in [-0.05, 0) is 25.0 Å². The molecule has 3 rings (SSSR count). The van der Waals surface area contributed by atoms with Gasteiger partial charge in [-0.3, -0.25) is 0 Å². The van der Waals surface area contributed by atoms with E-state index in [0.717, 1.165) is 6.07 Å². The van der Waals surface area contributed by atoms with Crippen LogP contribution in [0.1, 0.15) is 18.4 Å². The number of allylic oxidation sites excluding steroid dienone is 1. The van der Waals surface area contributed by atoms with Crippen LogP contribution in [0.2, 0.25) is 0 Å². The van der Waals surface area contributed by atoms with Crippen LogP contribution in [0, 0.1) is 28.4 Å². The van der Waals surface area contributed by atoms with Gasteiger partial charge in [-0.25, -0.2) is 18.4 Å². The Morgan fingerprint density at radius 1 is 1.40 bits per heavy atom. The first-order valence-electron chi connectivity index (χ1n) is 6.08. The highest BCUT2D eigenvalue weighted by Crippen LogP contribution is 2.55. The normalized spacial score (nSPS) is 16.8. The second-order valence-electron chi connectivity index (χ2n) is 4.74. The molecule has 0 radical (unpaired) electrons. The summed E-state index contributed by atoms with van der Waals surface area (Å²) in [6.07, 6.45) is 5.68. The van der Waals surface area contributed by atoms with Crippen molar-refractivity contribution in [3.05, 3.63) is 48.1 Å². The molecule has 1 aromatic heterocycles. The summed E-state index contributed by atoms with van der Waals surface area (Å²) >= 11 is 0. The van der Waals surface area contributed by atoms with Crippen LogP contribution in [-0.2, 0) is 0 Å². The van der Waals surface area contributed by atoms with Gasteiger partial charge in [-0.15, -0.1) is 0 Å². The van der Waals surface area contributed by atoms with Crippen molar-refractivity contribution in [2.45, 2.75) is 12.8 Å². The van der Waals surface area contributed by atoms with E-state index in [4.69, 9.17) is 0 Å². The molecule has 0 spiro atoms. The Morgan fingerprint density at radius 2 is 2.20 bits per heavy atom. The van der Waals surface area contributed by atoms with Crippen LogP contribution in [0.5, 0.6) is 0 Å². The summed E-state index contributed by atoms with van der Waals surface area (Å²) in [6, 6.07) is 5.57. The zero-order valence-electron chi connectivity index (χ0n) is 10.4. The number of benzene rings is 1. The minimum atomic E-state index is -0.718. The van der Waals surface area contributed by atoms with E-state index in [1.165, 1.54) is 29.5 Å². The van der Waals surface area contributed by atoms with E-state index in [0.29, 0.717) is 18.4 Å². The van der Waals surface area contributed by atoms with E-state index >= 15 is 0 Å². The predicted molar refractivity (Wildman–Crippen MR) is 67.8 cm³/mol. The van der Waals surface area contributed by atoms with Gasteiger partial charge in [0, 0.05) is 23.4 Å². The van der Waals surface area contributed by atoms with Crippen molar-refractivity contribution in [3.63, 3.8) is 0 Å². The molecule has 1 aliphatic rings. The molecule has 0 atom stereocenters. The fourth-order valence-corrected chi connectivity index (χ4v) is 2.14. The van der Waals surface area contributed by atoms with Crippen LogP contribution < -0.4 is 0 Å². The van der Waals surface area contributed by atoms with Crippen molar-refractivity contribution >= 4 is 11.8 Å². The van der Waals surface area contributed by atoms with Crippen molar-refractivity contribution in [2.24, 2.45) is 5.41 Å². The standard InChI is InChI=1S/C14H10F2N4/c15-10-1-2-11(13(16)5-10)12(14(7-17)3-4-14)6-20-9-18-8-19-20/h1-2,5-6,8-9H,3-4H2/b12-6+. The second kappa shape index (κ2) is 4.53. The maximum absolute atomic E-state index is 14.0. The summed E-state index contributed by atoms with van der Waals surface area (Å²) in [4.78, 5) is 3.80. The fraction of sp³-hybridized carbons (Fsp3) is 0.214. The lowest BCUT2D eigenvalue weighted by atomic mass is 9.91. The molecule has 1 heterocycles. The summed E-state index contributed by atoms with van der Waals surface area (Å²) in [5, 5.41) is 13.3. The molecule has 6 heteroatoms. The predicted octanol–water partition coefficient (Wildman–Crippen LogP) is 2.86. The second-order valence-corrected chi connectivity index (χ2v) is 4.74. The highest BCUT2D eigenvalue weighted by Gasteiger charge is 2.48. The van der Waals surface area contributed by atoms with Crippen LogP contribution in [-0.4, -0.2) is 14.8 Å². The molecular formula is C14H10F2N4. The van der Waals surface area contributed by atoms with Gasteiger partial charge < -0.3 is 0 Å². The van der Waals surface area contributed by atoms with Crippen LogP contribution in [0.15, 0.2) is 30.9 Å². The van der Waals surface area contributed by atoms with E-state index in [1.807, 2.05) is 0 Å². The lowest BCUT2D eigenvalue weighted by Crippen LogP contribution is -2.05. The largest absolute Gasteiger partial charge is 0.228 e. The highest BCUT2D eigenvalue weighted by molar-refractivity contribution is 5.83. The molecule has 20 heavy (non-hydrogen) atoms. The van der Waals surface area contributed by atoms with Crippen molar-refractivity contribution < 1.29 is 8.78 Å². The molecule has 0 saturated heterocycles. The number of rotatable bonds is 3. The molecule has 1 aliphatic carbocycles. The number of hydrogen-bond donors (Lipinski definition) is 0. The average molecular weight is 272 g/mol. The Morgan fingerprint density at radius 3 is 2.75 bits per heavy atom. The first kappa shape index (κ1) is 12.5. The first-order chi connectivity index (χ1) is 9.64. The first-order valence-corrected chi connectivity index (χ1v) is 6.08. The van der Waals surface area contributed by atoms with Gasteiger partial charge in [-0.2, -0.15) is 10.4 Å². The minimum Gasteiger partial charge on any atom is -0.228 e. The summed E-state index contributed by atoms with van der Waals surface area (Å²) in [7, 11) is 0. The summed E-state index contributed by atoms with van der Waals surface area (Å²) in [5.74, 6) is -1.33. The Hall–Kier alpha value is -2.55. The topological polar surface area (TPSA) is 54.5 Å². The Labute approximate surface area is 114 Å². The number of nitrogens with zero attached hydrogens (tertiary/aromatic N) is 4. The molecule has 2 aromatic rings. The van der Waals surface area contributed by atoms with Gasteiger partial charge in [0.15, 0.2) is 0 Å². The van der Waals surface area contributed by atoms with Crippen molar-refractivity contribution in [1.82, 2.24) is 14.8 Å². The molecule has 1 aromatic carbocycles. The Balaban J connectivity index is 2.14. The third-order valence-electron chi connectivity index (χ3n) is 3.40. The fourth-order valence-electron chi connectivity index (χ4n) is 2.14. The Bertz CT molecular complexity index is 709. The van der Waals surface area contributed by atoms with Crippen LogP contribution >= 0.6 is 0 Å². The average Bonchev–Trinajstić information content (AvgIpc) is 3.06. The third-order valence-corrected chi connectivity index (χ3v) is 3.40. The van der Waals surface area contributed by atoms with Gasteiger partial charge in [0.2, 0.25) is 0 Å². The molecule has 4 nitrogen and oxygen atoms in total. The molecule has 0 amide bonds. The lowest BCUT2D eigenvalue weighted by Gasteiger charge is -2.13. The van der Waals surface area contributed by atoms with Crippen LogP contribution in [0.3, 0.4) is 0 Å². The molecule has 1 fully saturated rings. The van der Waals surface area contributed by atoms with Crippen molar-refractivity contribution in [1.29, 1.82) is 5.26 Å². The number of nitriles is 1. The van der Waals surface area contributed by atoms with Gasteiger partial charge in [0.05, 0.1) is 11.5 Å². The van der Waals surface area contributed by atoms with Gasteiger partial charge in [0.25, 0.3) is 0 Å². The maximum atomic E-state index is 14.0. The van der Waals surface area contributed by atoms with E-state index in [1.54, 1.807) is 6.20 Å². The monoisotopic (exact) mass is 272 g/mol. The van der Waals surface area contributed by atoms with Crippen molar-refractivity contribution in [3.8, 4) is 6.07 Å². The molecule has 0 unspecified atom stereocenters. The SMILES string of the molecule is N#CC1(/C(=C/n2cncn2)c2ccc(F)cc2F)CC1. The third kappa shape index (κ3) is 2.07. The number of hydrogen-bond acceptors (Lipinski definition) is 3. The molecule has 1 saturated carbocycles. The van der Waals surface area contributed by atoms with Gasteiger partial charge >= 0.3 is 0 Å². The lowest BCUT2D eigenvalue weighted by molar-refractivity contribution is 0.579. The van der Waals surface area contributed by atoms with Crippen LogP contribution in [0.25, 0.3) is 11.8 Å². The highest BCUT2D eigenvalue weighted by atomic mass is 19.1. The van der Waals surface area contributed by atoms with Crippen LogP contribution in [0.4, 0.5) is 8.78 Å². The van der Waals surface area contributed by atoms with E-state index in [2.05, 4.69) is 16.2 Å². The number of aromatic nitrogens is 3. The van der Waals surface area contributed by atoms with E-state index < -0.39 is 17.0 Å². The summed E-state index contributed by atoms with van der Waals surface area (Å²) < 4.78 is 28.4. The molecule has 100 valence electrons. The molecular weight excluding hydrogens is 262 g/mol. The minimum absolute atomic E-state index is 0.223. The Kier molecular flexibility index (Phi) is 2.83. The van der Waals surface area contributed by atoms with Gasteiger partial charge in [0.1, 0.15) is 24.3 Å². The summed E-state index contributed by atoms with van der Waals surface area (Å²) in [5.41, 5.74) is 0.00824.